The van der Waals surface area contributed by atoms with Crippen molar-refractivity contribution in [3.8, 4) is 11.5 Å². The van der Waals surface area contributed by atoms with Crippen LogP contribution in [0.3, 0.4) is 0 Å². The summed E-state index contributed by atoms with van der Waals surface area (Å²) in [5, 5.41) is 29.5. The van der Waals surface area contributed by atoms with Gasteiger partial charge in [0, 0.05) is 11.3 Å². The van der Waals surface area contributed by atoms with Crippen LogP contribution in [0.4, 0.5) is 5.69 Å². The van der Waals surface area contributed by atoms with E-state index in [2.05, 4.69) is 37.2 Å². The average molecular weight is 429 g/mol. The minimum atomic E-state index is -0.547. The fraction of sp³-hybridized carbons (Fsp3) is 0. The van der Waals surface area contributed by atoms with Crippen molar-refractivity contribution in [3.63, 3.8) is 0 Å². The van der Waals surface area contributed by atoms with Gasteiger partial charge in [0.05, 0.1) is 10.0 Å². The Morgan fingerprint density at radius 1 is 1.14 bits per heavy atom. The van der Waals surface area contributed by atoms with Crippen molar-refractivity contribution in [2.75, 3.05) is 5.32 Å². The molecule has 0 saturated heterocycles. The maximum Gasteiger partial charge on any atom is 0.259 e. The quantitative estimate of drug-likeness (QED) is 0.381. The minimum Gasteiger partial charge on any atom is -0.506 e. The van der Waals surface area contributed by atoms with Crippen LogP contribution in [-0.4, -0.2) is 22.0 Å². The van der Waals surface area contributed by atoms with Crippen molar-refractivity contribution < 1.29 is 15.0 Å². The number of amidine groups is 1. The number of anilines is 1. The molecule has 0 bridgehead atoms. The number of halogens is 2. The molecule has 8 heteroatoms. The maximum atomic E-state index is 12.2. The summed E-state index contributed by atoms with van der Waals surface area (Å²) in [7, 11) is 0. The molecule has 0 aliphatic heterocycles. The lowest BCUT2D eigenvalue weighted by atomic mass is 10.1. The van der Waals surface area contributed by atoms with Gasteiger partial charge in [-0.05, 0) is 62.2 Å². The molecule has 0 atom stereocenters. The van der Waals surface area contributed by atoms with Crippen molar-refractivity contribution in [1.82, 2.24) is 0 Å². The number of nitrogens with one attached hydrogen (secondary N) is 2. The van der Waals surface area contributed by atoms with Crippen molar-refractivity contribution >= 4 is 49.3 Å². The Bertz CT molecular complexity index is 761. The normalized spacial score (nSPS) is 10.3. The topological polar surface area (TPSA) is 119 Å². The van der Waals surface area contributed by atoms with E-state index in [-0.39, 0.29) is 31.8 Å². The summed E-state index contributed by atoms with van der Waals surface area (Å²) in [5.74, 6) is -1.17. The van der Waals surface area contributed by atoms with E-state index in [4.69, 9.17) is 11.1 Å². The second kappa shape index (κ2) is 6.37. The van der Waals surface area contributed by atoms with E-state index in [1.54, 1.807) is 24.3 Å². The second-order valence-corrected chi connectivity index (χ2v) is 6.01. The number of phenols is 2. The SMILES string of the molecule is N=C(N)c1ccc(NC(=O)c2cc(Br)c(O)c(Br)c2O)cc1. The van der Waals surface area contributed by atoms with Crippen LogP contribution >= 0.6 is 31.9 Å². The summed E-state index contributed by atoms with van der Waals surface area (Å²) in [4.78, 5) is 12.2. The van der Waals surface area contributed by atoms with Crippen LogP contribution in [0.15, 0.2) is 39.3 Å². The maximum absolute atomic E-state index is 12.2. The predicted molar refractivity (Wildman–Crippen MR) is 90.6 cm³/mol. The molecule has 0 radical (unpaired) electrons. The monoisotopic (exact) mass is 427 g/mol. The van der Waals surface area contributed by atoms with Crippen LogP contribution in [0.1, 0.15) is 15.9 Å². The van der Waals surface area contributed by atoms with Gasteiger partial charge in [-0.1, -0.05) is 0 Å². The summed E-state index contributed by atoms with van der Waals surface area (Å²) < 4.78 is 0.299. The van der Waals surface area contributed by atoms with Crippen molar-refractivity contribution in [3.05, 3.63) is 50.4 Å². The number of benzene rings is 2. The lowest BCUT2D eigenvalue weighted by Crippen LogP contribution is -2.13. The highest BCUT2D eigenvalue weighted by Gasteiger charge is 2.19. The molecule has 2 rings (SSSR count). The molecule has 114 valence electrons. The molecular formula is C14H11Br2N3O3. The third kappa shape index (κ3) is 3.23. The Kier molecular flexibility index (Phi) is 4.72. The number of hydrogen-bond donors (Lipinski definition) is 5. The van der Waals surface area contributed by atoms with E-state index in [9.17, 15) is 15.0 Å². The van der Waals surface area contributed by atoms with Gasteiger partial charge in [0.1, 0.15) is 21.8 Å². The molecule has 0 aliphatic carbocycles. The number of carbonyl (C=O) groups excluding carboxylic acids is 1. The van der Waals surface area contributed by atoms with Crippen molar-refractivity contribution in [1.29, 1.82) is 5.41 Å². The third-order valence-corrected chi connectivity index (χ3v) is 4.22. The highest BCUT2D eigenvalue weighted by atomic mass is 79.9. The van der Waals surface area contributed by atoms with Gasteiger partial charge in [-0.25, -0.2) is 0 Å². The lowest BCUT2D eigenvalue weighted by molar-refractivity contribution is 0.102. The van der Waals surface area contributed by atoms with Gasteiger partial charge in [-0.3, -0.25) is 10.2 Å². The Hall–Kier alpha value is -2.06. The molecule has 1 amide bonds. The van der Waals surface area contributed by atoms with Crippen LogP contribution in [0, 0.1) is 5.41 Å². The molecule has 2 aromatic carbocycles. The molecule has 0 saturated carbocycles. The summed E-state index contributed by atoms with van der Waals surface area (Å²) in [5.41, 5.74) is 6.36. The zero-order chi connectivity index (χ0) is 16.4. The summed E-state index contributed by atoms with van der Waals surface area (Å²) >= 11 is 6.11. The second-order valence-electron chi connectivity index (χ2n) is 4.36. The number of nitrogen functional groups attached to an aromatic ring is 1. The molecule has 2 aromatic rings. The first-order valence-corrected chi connectivity index (χ1v) is 7.55. The number of aromatic hydroxyl groups is 2. The van der Waals surface area contributed by atoms with Crippen molar-refractivity contribution in [2.45, 2.75) is 0 Å². The van der Waals surface area contributed by atoms with Gasteiger partial charge in [0.2, 0.25) is 0 Å². The van der Waals surface area contributed by atoms with Crippen LogP contribution in [0.5, 0.6) is 11.5 Å². The highest BCUT2D eigenvalue weighted by Crippen LogP contribution is 2.41. The number of hydrogen-bond acceptors (Lipinski definition) is 4. The molecule has 0 fully saturated rings. The Labute approximate surface area is 142 Å². The van der Waals surface area contributed by atoms with Gasteiger partial charge in [0.15, 0.2) is 0 Å². The molecule has 0 aliphatic rings. The van der Waals surface area contributed by atoms with Crippen LogP contribution in [-0.2, 0) is 0 Å². The Balaban J connectivity index is 2.28. The van der Waals surface area contributed by atoms with E-state index in [0.717, 1.165) is 0 Å². The highest BCUT2D eigenvalue weighted by molar-refractivity contribution is 9.11. The van der Waals surface area contributed by atoms with Crippen LogP contribution in [0.25, 0.3) is 0 Å². The van der Waals surface area contributed by atoms with Gasteiger partial charge in [-0.15, -0.1) is 0 Å². The lowest BCUT2D eigenvalue weighted by Gasteiger charge is -2.10. The molecule has 0 spiro atoms. The number of rotatable bonds is 3. The van der Waals surface area contributed by atoms with E-state index in [1.165, 1.54) is 6.07 Å². The third-order valence-electron chi connectivity index (χ3n) is 2.87. The zero-order valence-electron chi connectivity index (χ0n) is 11.0. The number of carbonyl (C=O) groups is 1. The van der Waals surface area contributed by atoms with E-state index in [0.29, 0.717) is 11.3 Å². The molecule has 0 unspecified atom stereocenters. The standard InChI is InChI=1S/C14H11Br2N3O3/c15-9-5-8(11(20)10(16)12(9)21)14(22)19-7-3-1-6(2-4-7)13(17)18/h1-5,20-21H,(H3,17,18)(H,19,22). The molecule has 6 nitrogen and oxygen atoms in total. The smallest absolute Gasteiger partial charge is 0.259 e. The summed E-state index contributed by atoms with van der Waals surface area (Å²) in [6.45, 7) is 0. The Morgan fingerprint density at radius 3 is 2.27 bits per heavy atom. The van der Waals surface area contributed by atoms with Crippen molar-refractivity contribution in [2.24, 2.45) is 5.73 Å². The first kappa shape index (κ1) is 16.3. The number of amides is 1. The molecule has 6 N–H and O–H groups in total. The van der Waals surface area contributed by atoms with E-state index >= 15 is 0 Å². The molecule has 22 heavy (non-hydrogen) atoms. The Morgan fingerprint density at radius 2 is 1.73 bits per heavy atom. The molecule has 0 heterocycles. The first-order chi connectivity index (χ1) is 10.3. The van der Waals surface area contributed by atoms with Gasteiger partial charge < -0.3 is 21.3 Å². The fourth-order valence-electron chi connectivity index (χ4n) is 1.70. The largest absolute Gasteiger partial charge is 0.506 e. The minimum absolute atomic E-state index is 0.00723. The van der Waals surface area contributed by atoms with E-state index < -0.39 is 5.91 Å². The molecule has 0 aromatic heterocycles. The fourth-order valence-corrected chi connectivity index (χ4v) is 2.82. The van der Waals surface area contributed by atoms with Gasteiger partial charge >= 0.3 is 0 Å². The van der Waals surface area contributed by atoms with Gasteiger partial charge in [0.25, 0.3) is 5.91 Å². The summed E-state index contributed by atoms with van der Waals surface area (Å²) in [6.07, 6.45) is 0. The average Bonchev–Trinajstić information content (AvgIpc) is 2.49. The van der Waals surface area contributed by atoms with Crippen LogP contribution < -0.4 is 11.1 Å². The predicted octanol–water partition coefficient (Wildman–Crippen LogP) is 3.16. The zero-order valence-corrected chi connectivity index (χ0v) is 14.2. The van der Waals surface area contributed by atoms with Gasteiger partial charge in [-0.2, -0.15) is 0 Å². The first-order valence-electron chi connectivity index (χ1n) is 5.97. The van der Waals surface area contributed by atoms with E-state index in [1.807, 2.05) is 0 Å². The number of nitrogens with two attached hydrogens (primary N) is 1. The van der Waals surface area contributed by atoms with Crippen LogP contribution in [0.2, 0.25) is 0 Å². The summed E-state index contributed by atoms with van der Waals surface area (Å²) in [6, 6.07) is 7.70. The number of phenolic OH excluding ortho intramolecular Hbond substituents is 2. The molecular weight excluding hydrogens is 418 g/mol.